The molecule has 0 aliphatic carbocycles. The highest BCUT2D eigenvalue weighted by Gasteiger charge is 2.13. The van der Waals surface area contributed by atoms with Crippen LogP contribution in [0.3, 0.4) is 0 Å². The predicted molar refractivity (Wildman–Crippen MR) is 71.3 cm³/mol. The minimum absolute atomic E-state index is 0.0812. The van der Waals surface area contributed by atoms with Crippen molar-refractivity contribution >= 4 is 41.6 Å². The van der Waals surface area contributed by atoms with Gasteiger partial charge in [-0.3, -0.25) is 4.79 Å². The van der Waals surface area contributed by atoms with Gasteiger partial charge in [0, 0.05) is 10.7 Å². The molecule has 1 amide bonds. The molecule has 9 heteroatoms. The highest BCUT2D eigenvalue weighted by atomic mass is 79.9. The number of nitriles is 1. The average Bonchev–Trinajstić information content (AvgIpc) is 2.33. The molecule has 1 aromatic carbocycles. The molecule has 0 fully saturated rings. The molecule has 1 N–H and O–H groups in total. The van der Waals surface area contributed by atoms with Gasteiger partial charge in [-0.2, -0.15) is 5.26 Å². The highest BCUT2D eigenvalue weighted by Crippen LogP contribution is 2.29. The van der Waals surface area contributed by atoms with Gasteiger partial charge in [-0.05, 0) is 34.1 Å². The topological polar surface area (TPSA) is 96.3 Å². The molecule has 0 saturated carbocycles. The molecule has 0 bridgehead atoms. The van der Waals surface area contributed by atoms with Gasteiger partial charge in [-0.15, -0.1) is 0 Å². The van der Waals surface area contributed by atoms with Crippen LogP contribution >= 0.6 is 26.6 Å². The molecule has 0 aromatic heterocycles. The number of carbonyl (C=O) groups excluding carboxylic acids is 1. The Kier molecular flexibility index (Phi) is 5.60. The molecule has 0 aliphatic rings. The van der Waals surface area contributed by atoms with Crippen LogP contribution in [0.15, 0.2) is 27.6 Å². The Hall–Kier alpha value is -1.30. The summed E-state index contributed by atoms with van der Waals surface area (Å²) in [4.78, 5) is 11.1. The number of amides is 1. The molecule has 0 radical (unpaired) electrons. The van der Waals surface area contributed by atoms with Crippen molar-refractivity contribution in [3.8, 4) is 11.8 Å². The maximum Gasteiger partial charge on any atom is 0.261 e. The zero-order chi connectivity index (χ0) is 14.5. The Labute approximate surface area is 122 Å². The summed E-state index contributed by atoms with van der Waals surface area (Å²) in [6.07, 6.45) is 0. The molecule has 1 aromatic rings. The lowest BCUT2D eigenvalue weighted by Crippen LogP contribution is -2.29. The molecule has 0 atom stereocenters. The summed E-state index contributed by atoms with van der Waals surface area (Å²) in [6.45, 7) is -0.389. The fourth-order valence-electron chi connectivity index (χ4n) is 1.08. The first-order valence-corrected chi connectivity index (χ1v) is 7.95. The summed E-state index contributed by atoms with van der Waals surface area (Å²) in [5.74, 6) is -0.168. The van der Waals surface area contributed by atoms with Crippen LogP contribution in [-0.4, -0.2) is 27.5 Å². The number of benzene rings is 1. The first kappa shape index (κ1) is 15.8. The number of nitrogens with one attached hydrogen (secondary N) is 1. The van der Waals surface area contributed by atoms with Crippen LogP contribution in [0.4, 0.5) is 0 Å². The SMILES string of the molecule is N#CCNC(=O)COc1ccc(S(=O)(=O)Cl)cc1Br. The largest absolute Gasteiger partial charge is 0.483 e. The molecule has 19 heavy (non-hydrogen) atoms. The van der Waals surface area contributed by atoms with E-state index in [-0.39, 0.29) is 23.8 Å². The van der Waals surface area contributed by atoms with Crippen LogP contribution in [0.1, 0.15) is 0 Å². The lowest BCUT2D eigenvalue weighted by Gasteiger charge is -2.08. The zero-order valence-corrected chi connectivity index (χ0v) is 12.5. The van der Waals surface area contributed by atoms with Gasteiger partial charge >= 0.3 is 0 Å². The summed E-state index contributed by atoms with van der Waals surface area (Å²) in [7, 11) is 1.37. The van der Waals surface area contributed by atoms with Crippen LogP contribution in [-0.2, 0) is 13.8 Å². The van der Waals surface area contributed by atoms with E-state index in [0.29, 0.717) is 4.47 Å². The summed E-state index contributed by atoms with van der Waals surface area (Å²) in [5, 5.41) is 10.6. The van der Waals surface area contributed by atoms with Gasteiger partial charge < -0.3 is 10.1 Å². The fraction of sp³-hybridized carbons (Fsp3) is 0.200. The number of nitrogens with zero attached hydrogens (tertiary/aromatic N) is 1. The van der Waals surface area contributed by atoms with E-state index in [1.807, 2.05) is 0 Å². The van der Waals surface area contributed by atoms with Crippen molar-refractivity contribution in [2.75, 3.05) is 13.2 Å². The van der Waals surface area contributed by atoms with Gasteiger partial charge in [0.25, 0.3) is 15.0 Å². The first-order chi connectivity index (χ1) is 8.84. The minimum Gasteiger partial charge on any atom is -0.483 e. The second-order valence-electron chi connectivity index (χ2n) is 3.25. The number of rotatable bonds is 5. The van der Waals surface area contributed by atoms with Crippen molar-refractivity contribution in [1.29, 1.82) is 5.26 Å². The number of ether oxygens (including phenoxy) is 1. The van der Waals surface area contributed by atoms with Crippen LogP contribution in [0.2, 0.25) is 0 Å². The van der Waals surface area contributed by atoms with Gasteiger partial charge in [0.05, 0.1) is 15.4 Å². The van der Waals surface area contributed by atoms with E-state index in [1.165, 1.54) is 18.2 Å². The third kappa shape index (κ3) is 5.06. The molecule has 102 valence electrons. The van der Waals surface area contributed by atoms with Crippen LogP contribution in [0.5, 0.6) is 5.75 Å². The number of hydrogen-bond donors (Lipinski definition) is 1. The van der Waals surface area contributed by atoms with E-state index in [0.717, 1.165) is 0 Å². The molecule has 0 aliphatic heterocycles. The fourth-order valence-corrected chi connectivity index (χ4v) is 2.50. The van der Waals surface area contributed by atoms with Crippen molar-refractivity contribution in [2.45, 2.75) is 4.90 Å². The maximum atomic E-state index is 11.2. The Bertz CT molecular complexity index is 627. The van der Waals surface area contributed by atoms with Crippen molar-refractivity contribution in [2.24, 2.45) is 0 Å². The molecule has 6 nitrogen and oxygen atoms in total. The van der Waals surface area contributed by atoms with Crippen LogP contribution in [0, 0.1) is 11.3 Å². The second-order valence-corrected chi connectivity index (χ2v) is 6.67. The van der Waals surface area contributed by atoms with E-state index in [9.17, 15) is 13.2 Å². The highest BCUT2D eigenvalue weighted by molar-refractivity contribution is 9.10. The smallest absolute Gasteiger partial charge is 0.261 e. The molecular weight excluding hydrogens is 360 g/mol. The molecule has 0 spiro atoms. The summed E-state index contributed by atoms with van der Waals surface area (Å²) in [6, 6.07) is 5.65. The minimum atomic E-state index is -3.81. The van der Waals surface area contributed by atoms with E-state index >= 15 is 0 Å². The Morgan fingerprint density at radius 2 is 2.21 bits per heavy atom. The van der Waals surface area contributed by atoms with Gasteiger partial charge in [0.15, 0.2) is 6.61 Å². The van der Waals surface area contributed by atoms with Crippen molar-refractivity contribution in [3.05, 3.63) is 22.7 Å². The number of hydrogen-bond acceptors (Lipinski definition) is 5. The number of carbonyl (C=O) groups is 1. The van der Waals surface area contributed by atoms with Gasteiger partial charge in [-0.1, -0.05) is 0 Å². The maximum absolute atomic E-state index is 11.2. The van der Waals surface area contributed by atoms with Gasteiger partial charge in [-0.25, -0.2) is 8.42 Å². The van der Waals surface area contributed by atoms with Crippen molar-refractivity contribution in [3.63, 3.8) is 0 Å². The first-order valence-electron chi connectivity index (χ1n) is 4.85. The molecular formula is C10H8BrClN2O4S. The van der Waals surface area contributed by atoms with Crippen LogP contribution in [0.25, 0.3) is 0 Å². The van der Waals surface area contributed by atoms with Crippen molar-refractivity contribution in [1.82, 2.24) is 5.32 Å². The van der Waals surface area contributed by atoms with Crippen LogP contribution < -0.4 is 10.1 Å². The Morgan fingerprint density at radius 3 is 2.74 bits per heavy atom. The molecule has 0 heterocycles. The third-order valence-corrected chi connectivity index (χ3v) is 3.88. The van der Waals surface area contributed by atoms with Gasteiger partial charge in [0.1, 0.15) is 12.3 Å². The monoisotopic (exact) mass is 366 g/mol. The molecule has 1 rings (SSSR count). The second kappa shape index (κ2) is 6.75. The summed E-state index contributed by atoms with van der Waals surface area (Å²) >= 11 is 3.11. The predicted octanol–water partition coefficient (Wildman–Crippen LogP) is 1.40. The van der Waals surface area contributed by atoms with Crippen molar-refractivity contribution < 1.29 is 17.9 Å². The Morgan fingerprint density at radius 1 is 1.53 bits per heavy atom. The van der Waals surface area contributed by atoms with E-state index in [4.69, 9.17) is 20.7 Å². The summed E-state index contributed by atoms with van der Waals surface area (Å²) in [5.41, 5.74) is 0. The third-order valence-electron chi connectivity index (χ3n) is 1.91. The summed E-state index contributed by atoms with van der Waals surface area (Å²) < 4.78 is 27.7. The average molecular weight is 368 g/mol. The van der Waals surface area contributed by atoms with E-state index < -0.39 is 15.0 Å². The molecule has 0 unspecified atom stereocenters. The molecule has 0 saturated heterocycles. The Balaban J connectivity index is 2.71. The lowest BCUT2D eigenvalue weighted by molar-refractivity contribution is -0.122. The standard InChI is InChI=1S/C10H8BrClN2O4S/c11-8-5-7(19(12,16)17)1-2-9(8)18-6-10(15)14-4-3-13/h1-2,5H,4,6H2,(H,14,15). The number of halogens is 2. The van der Waals surface area contributed by atoms with E-state index in [1.54, 1.807) is 6.07 Å². The zero-order valence-electron chi connectivity index (χ0n) is 9.39. The van der Waals surface area contributed by atoms with E-state index in [2.05, 4.69) is 21.2 Å². The lowest BCUT2D eigenvalue weighted by atomic mass is 10.3. The normalized spacial score (nSPS) is 10.6. The quantitative estimate of drug-likeness (QED) is 0.627. The van der Waals surface area contributed by atoms with Gasteiger partial charge in [0.2, 0.25) is 0 Å².